The van der Waals surface area contributed by atoms with Crippen molar-refractivity contribution in [2.24, 2.45) is 16.8 Å². The maximum Gasteiger partial charge on any atom is 0.114 e. The first-order valence-electron chi connectivity index (χ1n) is 10.8. The molecule has 1 saturated heterocycles. The minimum absolute atomic E-state index is 0.233. The van der Waals surface area contributed by atoms with E-state index in [9.17, 15) is 0 Å². The van der Waals surface area contributed by atoms with Crippen LogP contribution in [0, 0.1) is 11.8 Å². The number of hydrogen-bond acceptors (Lipinski definition) is 5. The second kappa shape index (κ2) is 8.72. The molecule has 1 aromatic rings. The van der Waals surface area contributed by atoms with Gasteiger partial charge in [-0.2, -0.15) is 0 Å². The SMILES string of the molecule is COCC[C@H]1CN(C2=Nc3ccccc3NC3C=CC(C(C)C)=CC23)CCN1C. The number of anilines is 1. The molecular formula is C24H34N4O. The van der Waals surface area contributed by atoms with Crippen molar-refractivity contribution in [3.05, 3.63) is 48.1 Å². The van der Waals surface area contributed by atoms with Gasteiger partial charge in [0, 0.05) is 39.4 Å². The third-order valence-corrected chi connectivity index (χ3v) is 6.44. The predicted octanol–water partition coefficient (Wildman–Crippen LogP) is 3.93. The first kappa shape index (κ1) is 20.2. The molecule has 4 rings (SSSR count). The Morgan fingerprint density at radius 1 is 1.24 bits per heavy atom. The number of aliphatic imine (C=N–C) groups is 1. The summed E-state index contributed by atoms with van der Waals surface area (Å²) in [6.45, 7) is 8.39. The van der Waals surface area contributed by atoms with Crippen molar-refractivity contribution in [3.8, 4) is 0 Å². The number of benzene rings is 1. The van der Waals surface area contributed by atoms with E-state index < -0.39 is 0 Å². The molecule has 1 N–H and O–H groups in total. The Balaban J connectivity index is 1.69. The lowest BCUT2D eigenvalue weighted by molar-refractivity contribution is 0.0984. The normalized spacial score (nSPS) is 26.9. The monoisotopic (exact) mass is 394 g/mol. The van der Waals surface area contributed by atoms with Crippen molar-refractivity contribution in [2.45, 2.75) is 32.4 Å². The van der Waals surface area contributed by atoms with Gasteiger partial charge in [-0.15, -0.1) is 0 Å². The van der Waals surface area contributed by atoms with Gasteiger partial charge in [0.05, 0.1) is 23.3 Å². The molecule has 29 heavy (non-hydrogen) atoms. The van der Waals surface area contributed by atoms with Crippen LogP contribution in [0.3, 0.4) is 0 Å². The fourth-order valence-corrected chi connectivity index (χ4v) is 4.53. The number of rotatable bonds is 4. The van der Waals surface area contributed by atoms with Gasteiger partial charge < -0.3 is 15.0 Å². The third kappa shape index (κ3) is 4.26. The molecule has 0 bridgehead atoms. The average Bonchev–Trinajstić information content (AvgIpc) is 2.89. The van der Waals surface area contributed by atoms with Crippen molar-refractivity contribution in [3.63, 3.8) is 0 Å². The van der Waals surface area contributed by atoms with Gasteiger partial charge in [0.25, 0.3) is 0 Å². The van der Waals surface area contributed by atoms with Crippen LogP contribution in [-0.2, 0) is 4.74 Å². The molecule has 3 atom stereocenters. The molecule has 2 unspecified atom stereocenters. The van der Waals surface area contributed by atoms with Crippen LogP contribution in [0.25, 0.3) is 0 Å². The smallest absolute Gasteiger partial charge is 0.114 e. The molecule has 2 heterocycles. The van der Waals surface area contributed by atoms with Crippen LogP contribution in [0.2, 0.25) is 0 Å². The number of allylic oxidation sites excluding steroid dienone is 2. The summed E-state index contributed by atoms with van der Waals surface area (Å²) in [5.74, 6) is 1.96. The van der Waals surface area contributed by atoms with Gasteiger partial charge in [0.2, 0.25) is 0 Å². The summed E-state index contributed by atoms with van der Waals surface area (Å²) in [4.78, 5) is 10.2. The number of ether oxygens (including phenoxy) is 1. The lowest BCUT2D eigenvalue weighted by atomic mass is 9.85. The Hall–Kier alpha value is -2.11. The first-order chi connectivity index (χ1) is 14.1. The lowest BCUT2D eigenvalue weighted by Gasteiger charge is -2.43. The number of methoxy groups -OCH3 is 1. The number of amidine groups is 1. The van der Waals surface area contributed by atoms with E-state index in [1.165, 1.54) is 11.4 Å². The molecule has 0 saturated carbocycles. The maximum atomic E-state index is 5.36. The largest absolute Gasteiger partial charge is 0.385 e. The lowest BCUT2D eigenvalue weighted by Crippen LogP contribution is -2.55. The van der Waals surface area contributed by atoms with Gasteiger partial charge in [-0.05, 0) is 37.1 Å². The van der Waals surface area contributed by atoms with Crippen LogP contribution in [0.4, 0.5) is 11.4 Å². The van der Waals surface area contributed by atoms with Crippen LogP contribution in [0.5, 0.6) is 0 Å². The van der Waals surface area contributed by atoms with Gasteiger partial charge in [-0.3, -0.25) is 4.90 Å². The zero-order valence-electron chi connectivity index (χ0n) is 18.1. The molecule has 5 heteroatoms. The fourth-order valence-electron chi connectivity index (χ4n) is 4.53. The van der Waals surface area contributed by atoms with Crippen LogP contribution >= 0.6 is 0 Å². The molecule has 0 radical (unpaired) electrons. The topological polar surface area (TPSA) is 40.1 Å². The first-order valence-corrected chi connectivity index (χ1v) is 10.8. The van der Waals surface area contributed by atoms with Crippen molar-refractivity contribution < 1.29 is 4.74 Å². The highest BCUT2D eigenvalue weighted by Gasteiger charge is 2.35. The van der Waals surface area contributed by atoms with Gasteiger partial charge in [-0.1, -0.05) is 44.2 Å². The van der Waals surface area contributed by atoms with Crippen LogP contribution < -0.4 is 5.32 Å². The van der Waals surface area contributed by atoms with E-state index >= 15 is 0 Å². The van der Waals surface area contributed by atoms with Crippen LogP contribution in [-0.4, -0.2) is 68.1 Å². The number of para-hydroxylation sites is 2. The summed E-state index contributed by atoms with van der Waals surface area (Å²) >= 11 is 0. The number of fused-ring (bicyclic) bond motifs is 2. The quantitative estimate of drug-likeness (QED) is 0.840. The zero-order valence-corrected chi connectivity index (χ0v) is 18.1. The molecular weight excluding hydrogens is 360 g/mol. The summed E-state index contributed by atoms with van der Waals surface area (Å²) < 4.78 is 5.36. The van der Waals surface area contributed by atoms with E-state index in [1.807, 2.05) is 0 Å². The highest BCUT2D eigenvalue weighted by atomic mass is 16.5. The van der Waals surface area contributed by atoms with Crippen molar-refractivity contribution >= 4 is 17.2 Å². The van der Waals surface area contributed by atoms with E-state index in [-0.39, 0.29) is 12.0 Å². The van der Waals surface area contributed by atoms with E-state index in [0.717, 1.165) is 44.0 Å². The molecule has 1 fully saturated rings. The molecule has 3 aliphatic rings. The standard InChI is InChI=1S/C24H34N4O/c1-17(2)18-9-10-21-20(15-18)24(26-23-8-6-5-7-22(23)25-21)28-13-12-27(3)19(16-28)11-14-29-4/h5-10,15,17,19-21,25H,11-14,16H2,1-4H3/t19-,20?,21?/m0/s1. The van der Waals surface area contributed by atoms with Crippen LogP contribution in [0.15, 0.2) is 53.1 Å². The molecule has 1 aliphatic carbocycles. The minimum atomic E-state index is 0.233. The van der Waals surface area contributed by atoms with Gasteiger partial charge in [-0.25, -0.2) is 4.99 Å². The fraction of sp³-hybridized carbons (Fsp3) is 0.542. The van der Waals surface area contributed by atoms with Gasteiger partial charge in [0.1, 0.15) is 5.84 Å². The van der Waals surface area contributed by atoms with Crippen molar-refractivity contribution in [2.75, 3.05) is 45.7 Å². The van der Waals surface area contributed by atoms with E-state index in [0.29, 0.717) is 12.0 Å². The second-order valence-corrected chi connectivity index (χ2v) is 8.73. The van der Waals surface area contributed by atoms with Crippen LogP contribution in [0.1, 0.15) is 20.3 Å². The number of hydrogen-bond donors (Lipinski definition) is 1. The Morgan fingerprint density at radius 3 is 2.86 bits per heavy atom. The second-order valence-electron chi connectivity index (χ2n) is 8.73. The molecule has 0 spiro atoms. The van der Waals surface area contributed by atoms with E-state index in [2.05, 4.69) is 78.5 Å². The van der Waals surface area contributed by atoms with Gasteiger partial charge >= 0.3 is 0 Å². The zero-order chi connectivity index (χ0) is 20.4. The summed E-state index contributed by atoms with van der Waals surface area (Å²) in [6.07, 6.45) is 8.11. The van der Waals surface area contributed by atoms with Gasteiger partial charge in [0.15, 0.2) is 0 Å². The Morgan fingerprint density at radius 2 is 2.07 bits per heavy atom. The molecule has 0 aromatic heterocycles. The third-order valence-electron chi connectivity index (χ3n) is 6.44. The molecule has 156 valence electrons. The Bertz CT molecular complexity index is 813. The molecule has 5 nitrogen and oxygen atoms in total. The predicted molar refractivity (Wildman–Crippen MR) is 121 cm³/mol. The number of nitrogens with zero attached hydrogens (tertiary/aromatic N) is 3. The Labute approximate surface area is 175 Å². The van der Waals surface area contributed by atoms with E-state index in [1.54, 1.807) is 7.11 Å². The summed E-state index contributed by atoms with van der Waals surface area (Å²) in [7, 11) is 4.02. The van der Waals surface area contributed by atoms with Crippen molar-refractivity contribution in [1.29, 1.82) is 0 Å². The number of likely N-dealkylation sites (N-methyl/N-ethyl adjacent to an activating group) is 1. The summed E-state index contributed by atoms with van der Waals surface area (Å²) in [6, 6.07) is 9.14. The molecule has 1 aromatic carbocycles. The number of nitrogens with one attached hydrogen (secondary N) is 1. The summed E-state index contributed by atoms with van der Waals surface area (Å²) in [5, 5.41) is 3.74. The number of piperazine rings is 1. The maximum absolute atomic E-state index is 5.36. The molecule has 2 aliphatic heterocycles. The highest BCUT2D eigenvalue weighted by molar-refractivity contribution is 5.93. The molecule has 0 amide bonds. The van der Waals surface area contributed by atoms with Crippen molar-refractivity contribution in [1.82, 2.24) is 9.80 Å². The summed E-state index contributed by atoms with van der Waals surface area (Å²) in [5.41, 5.74) is 3.56. The Kier molecular flexibility index (Phi) is 6.07. The average molecular weight is 395 g/mol. The minimum Gasteiger partial charge on any atom is -0.385 e. The van der Waals surface area contributed by atoms with E-state index in [4.69, 9.17) is 9.73 Å². The highest BCUT2D eigenvalue weighted by Crippen LogP contribution is 2.35.